The molecule has 3 rings (SSSR count). The Kier molecular flexibility index (Phi) is 4.78. The number of fused-ring (bicyclic) bond motifs is 1. The van der Waals surface area contributed by atoms with E-state index in [1.807, 2.05) is 24.3 Å². The highest BCUT2D eigenvalue weighted by Crippen LogP contribution is 2.36. The molecule has 2 aromatic carbocycles. The lowest BCUT2D eigenvalue weighted by atomic mass is 10.1. The molecule has 1 heterocycles. The van der Waals surface area contributed by atoms with Crippen molar-refractivity contribution in [1.82, 2.24) is 4.98 Å². The molecular weight excluding hydrogens is 438 g/mol. The Morgan fingerprint density at radius 2 is 1.79 bits per heavy atom. The van der Waals surface area contributed by atoms with Crippen molar-refractivity contribution in [3.05, 3.63) is 56.6 Å². The summed E-state index contributed by atoms with van der Waals surface area (Å²) in [5.74, 6) is 0.613. The third-order valence-electron chi connectivity index (χ3n) is 3.53. The van der Waals surface area contributed by atoms with E-state index >= 15 is 0 Å². The number of nitrogens with zero attached hydrogens (tertiary/aromatic N) is 1. The predicted octanol–water partition coefficient (Wildman–Crippen LogP) is 5.35. The molecule has 0 bridgehead atoms. The number of phenols is 2. The molecule has 0 aliphatic rings. The van der Waals surface area contributed by atoms with Gasteiger partial charge in [0.05, 0.1) is 17.3 Å². The summed E-state index contributed by atoms with van der Waals surface area (Å²) in [6.45, 7) is 0. The number of ether oxygens (including phenoxy) is 1. The molecule has 4 nitrogen and oxygen atoms in total. The Morgan fingerprint density at radius 3 is 2.54 bits per heavy atom. The number of halogens is 2. The van der Waals surface area contributed by atoms with Crippen LogP contribution in [-0.4, -0.2) is 22.3 Å². The third-order valence-corrected chi connectivity index (χ3v) is 4.79. The second-order valence-corrected chi connectivity index (χ2v) is 6.79. The van der Waals surface area contributed by atoms with Crippen LogP contribution in [-0.2, 0) is 0 Å². The van der Waals surface area contributed by atoms with Crippen molar-refractivity contribution in [2.75, 3.05) is 7.11 Å². The first-order valence-corrected chi connectivity index (χ1v) is 8.61. The van der Waals surface area contributed by atoms with Gasteiger partial charge in [-0.1, -0.05) is 28.1 Å². The minimum atomic E-state index is 0.0955. The molecule has 0 saturated heterocycles. The SMILES string of the molecule is COc1cc(/C=C/c2ccc3c(Br)cc(Br)c(O)c3n2)ccc1O. The molecule has 0 amide bonds. The van der Waals surface area contributed by atoms with Gasteiger partial charge in [0.15, 0.2) is 17.2 Å². The number of rotatable bonds is 3. The molecule has 0 unspecified atom stereocenters. The minimum absolute atomic E-state index is 0.0955. The van der Waals surface area contributed by atoms with Crippen molar-refractivity contribution < 1.29 is 14.9 Å². The summed E-state index contributed by atoms with van der Waals surface area (Å²) in [6, 6.07) is 10.6. The normalized spacial score (nSPS) is 11.3. The maximum atomic E-state index is 10.2. The summed E-state index contributed by atoms with van der Waals surface area (Å²) in [5, 5.41) is 20.6. The van der Waals surface area contributed by atoms with E-state index in [2.05, 4.69) is 36.8 Å². The van der Waals surface area contributed by atoms with Crippen molar-refractivity contribution >= 4 is 54.9 Å². The fraction of sp³-hybridized carbons (Fsp3) is 0.0556. The standard InChI is InChI=1S/C18H13Br2NO3/c1-24-16-8-10(3-7-15(16)22)2-4-11-5-6-12-13(19)9-14(20)18(23)17(12)21-11/h2-9,22-23H,1H3/b4-2+. The fourth-order valence-electron chi connectivity index (χ4n) is 2.29. The molecule has 0 aliphatic carbocycles. The Hall–Kier alpha value is -2.05. The highest BCUT2D eigenvalue weighted by atomic mass is 79.9. The van der Waals surface area contributed by atoms with Crippen LogP contribution in [0.4, 0.5) is 0 Å². The van der Waals surface area contributed by atoms with Crippen LogP contribution in [0.25, 0.3) is 23.1 Å². The molecule has 0 fully saturated rings. The summed E-state index contributed by atoms with van der Waals surface area (Å²) >= 11 is 6.78. The number of benzene rings is 2. The lowest BCUT2D eigenvalue weighted by Gasteiger charge is -2.06. The van der Waals surface area contributed by atoms with Crippen molar-refractivity contribution in [2.45, 2.75) is 0 Å². The largest absolute Gasteiger partial charge is 0.505 e. The predicted molar refractivity (Wildman–Crippen MR) is 102 cm³/mol. The average Bonchev–Trinajstić information content (AvgIpc) is 2.59. The summed E-state index contributed by atoms with van der Waals surface area (Å²) in [4.78, 5) is 4.49. The third kappa shape index (κ3) is 3.25. The lowest BCUT2D eigenvalue weighted by molar-refractivity contribution is 0.373. The molecule has 24 heavy (non-hydrogen) atoms. The van der Waals surface area contributed by atoms with Gasteiger partial charge in [0.1, 0.15) is 5.52 Å². The van der Waals surface area contributed by atoms with E-state index in [0.29, 0.717) is 21.4 Å². The molecule has 0 aliphatic heterocycles. The van der Waals surface area contributed by atoms with E-state index in [-0.39, 0.29) is 11.5 Å². The smallest absolute Gasteiger partial charge is 0.161 e. The number of hydrogen-bond donors (Lipinski definition) is 2. The van der Waals surface area contributed by atoms with E-state index in [9.17, 15) is 10.2 Å². The zero-order valence-corrected chi connectivity index (χ0v) is 15.8. The van der Waals surface area contributed by atoms with Crippen molar-refractivity contribution in [3.8, 4) is 17.2 Å². The monoisotopic (exact) mass is 449 g/mol. The van der Waals surface area contributed by atoms with Gasteiger partial charge in [0, 0.05) is 9.86 Å². The summed E-state index contributed by atoms with van der Waals surface area (Å²) in [7, 11) is 1.51. The van der Waals surface area contributed by atoms with Crippen LogP contribution < -0.4 is 4.74 Å². The Morgan fingerprint density at radius 1 is 1.00 bits per heavy atom. The maximum Gasteiger partial charge on any atom is 0.161 e. The molecule has 0 spiro atoms. The Balaban J connectivity index is 2.00. The van der Waals surface area contributed by atoms with Crippen LogP contribution in [0.3, 0.4) is 0 Å². The van der Waals surface area contributed by atoms with Gasteiger partial charge in [-0.2, -0.15) is 0 Å². The van der Waals surface area contributed by atoms with Crippen LogP contribution in [0.2, 0.25) is 0 Å². The van der Waals surface area contributed by atoms with E-state index in [4.69, 9.17) is 4.74 Å². The van der Waals surface area contributed by atoms with Gasteiger partial charge in [-0.25, -0.2) is 4.98 Å². The van der Waals surface area contributed by atoms with E-state index < -0.39 is 0 Å². The van der Waals surface area contributed by atoms with Crippen LogP contribution in [0.15, 0.2) is 45.3 Å². The Labute approximate surface area is 155 Å². The van der Waals surface area contributed by atoms with Gasteiger partial charge < -0.3 is 14.9 Å². The number of aromatic hydroxyl groups is 2. The summed E-state index contributed by atoms with van der Waals surface area (Å²) < 4.78 is 6.53. The fourth-order valence-corrected chi connectivity index (χ4v) is 3.56. The molecule has 0 atom stereocenters. The van der Waals surface area contributed by atoms with Crippen LogP contribution in [0.1, 0.15) is 11.3 Å². The highest BCUT2D eigenvalue weighted by molar-refractivity contribution is 9.11. The quantitative estimate of drug-likeness (QED) is 0.564. The maximum absolute atomic E-state index is 10.2. The number of pyridine rings is 1. The van der Waals surface area contributed by atoms with Gasteiger partial charge >= 0.3 is 0 Å². The van der Waals surface area contributed by atoms with Gasteiger partial charge in [-0.3, -0.25) is 0 Å². The number of aromatic nitrogens is 1. The van der Waals surface area contributed by atoms with E-state index in [1.165, 1.54) is 7.11 Å². The van der Waals surface area contributed by atoms with Gasteiger partial charge in [0.2, 0.25) is 0 Å². The zero-order chi connectivity index (χ0) is 17.3. The van der Waals surface area contributed by atoms with Crippen LogP contribution in [0, 0.1) is 0 Å². The molecule has 1 aromatic heterocycles. The molecule has 0 saturated carbocycles. The topological polar surface area (TPSA) is 62.6 Å². The second-order valence-electron chi connectivity index (χ2n) is 5.09. The Bertz CT molecular complexity index is 955. The zero-order valence-electron chi connectivity index (χ0n) is 12.6. The van der Waals surface area contributed by atoms with E-state index in [0.717, 1.165) is 15.4 Å². The first-order chi connectivity index (χ1) is 11.5. The van der Waals surface area contributed by atoms with Crippen molar-refractivity contribution in [1.29, 1.82) is 0 Å². The molecule has 122 valence electrons. The molecule has 6 heteroatoms. The van der Waals surface area contributed by atoms with Crippen LogP contribution in [0.5, 0.6) is 17.2 Å². The molecule has 0 radical (unpaired) electrons. The summed E-state index contributed by atoms with van der Waals surface area (Å²) in [6.07, 6.45) is 3.69. The minimum Gasteiger partial charge on any atom is -0.505 e. The van der Waals surface area contributed by atoms with Gasteiger partial charge in [-0.05, 0) is 57.9 Å². The van der Waals surface area contributed by atoms with Gasteiger partial charge in [0.25, 0.3) is 0 Å². The van der Waals surface area contributed by atoms with Crippen LogP contribution >= 0.6 is 31.9 Å². The number of methoxy groups -OCH3 is 1. The second kappa shape index (κ2) is 6.83. The highest BCUT2D eigenvalue weighted by Gasteiger charge is 2.10. The summed E-state index contributed by atoms with van der Waals surface area (Å²) in [5.41, 5.74) is 2.09. The average molecular weight is 451 g/mol. The first-order valence-electron chi connectivity index (χ1n) is 7.02. The number of hydrogen-bond acceptors (Lipinski definition) is 4. The first kappa shape index (κ1) is 16.8. The van der Waals surface area contributed by atoms with Crippen molar-refractivity contribution in [2.24, 2.45) is 0 Å². The van der Waals surface area contributed by atoms with Gasteiger partial charge in [-0.15, -0.1) is 0 Å². The molecule has 2 N–H and O–H groups in total. The lowest BCUT2D eigenvalue weighted by Crippen LogP contribution is -1.87. The van der Waals surface area contributed by atoms with E-state index in [1.54, 1.807) is 24.3 Å². The molecular formula is C18H13Br2NO3. The number of phenolic OH excluding ortho intramolecular Hbond substituents is 2. The van der Waals surface area contributed by atoms with Crippen molar-refractivity contribution in [3.63, 3.8) is 0 Å². The molecule has 3 aromatic rings.